The van der Waals surface area contributed by atoms with Crippen molar-refractivity contribution in [2.45, 2.75) is 19.6 Å². The first-order valence-corrected chi connectivity index (χ1v) is 7.20. The molecule has 0 atom stereocenters. The second kappa shape index (κ2) is 6.31. The zero-order chi connectivity index (χ0) is 16.3. The molecular formula is C15H12F3NO2S. The van der Waals surface area contributed by atoms with Crippen molar-refractivity contribution in [1.82, 2.24) is 5.32 Å². The van der Waals surface area contributed by atoms with Crippen molar-refractivity contribution in [3.05, 3.63) is 57.3 Å². The van der Waals surface area contributed by atoms with Crippen LogP contribution in [0.15, 0.2) is 35.7 Å². The lowest BCUT2D eigenvalue weighted by molar-refractivity contribution is -0.138. The summed E-state index contributed by atoms with van der Waals surface area (Å²) in [6.07, 6.45) is -4.47. The molecule has 7 heteroatoms. The third-order valence-electron chi connectivity index (χ3n) is 2.97. The molecular weight excluding hydrogens is 315 g/mol. The number of benzene rings is 1. The molecule has 1 aromatic carbocycles. The first-order chi connectivity index (χ1) is 10.3. The Balaban J connectivity index is 2.10. The lowest BCUT2D eigenvalue weighted by Crippen LogP contribution is -2.24. The molecule has 1 N–H and O–H groups in total. The third kappa shape index (κ3) is 3.73. The number of thiophene rings is 1. The first-order valence-electron chi connectivity index (χ1n) is 6.32. The van der Waals surface area contributed by atoms with Crippen LogP contribution in [0.4, 0.5) is 13.2 Å². The highest BCUT2D eigenvalue weighted by molar-refractivity contribution is 7.12. The zero-order valence-corrected chi connectivity index (χ0v) is 12.3. The van der Waals surface area contributed by atoms with Crippen LogP contribution in [0, 0.1) is 0 Å². The highest BCUT2D eigenvalue weighted by Crippen LogP contribution is 2.31. The molecule has 2 rings (SSSR count). The molecule has 0 spiro atoms. The second-order valence-corrected chi connectivity index (χ2v) is 5.50. The number of halogens is 3. The number of carbonyl (C=O) groups is 2. The number of alkyl halides is 3. The monoisotopic (exact) mass is 327 g/mol. The molecule has 22 heavy (non-hydrogen) atoms. The number of nitrogens with one attached hydrogen (secondary N) is 1. The van der Waals surface area contributed by atoms with E-state index in [1.165, 1.54) is 36.6 Å². The minimum atomic E-state index is -4.47. The molecule has 1 amide bonds. The molecule has 0 aliphatic heterocycles. The van der Waals surface area contributed by atoms with Crippen LogP contribution in [0.2, 0.25) is 0 Å². The van der Waals surface area contributed by atoms with E-state index in [2.05, 4.69) is 5.32 Å². The van der Waals surface area contributed by atoms with E-state index in [-0.39, 0.29) is 23.5 Å². The van der Waals surface area contributed by atoms with Gasteiger partial charge in [0.25, 0.3) is 5.91 Å². The van der Waals surface area contributed by atoms with Crippen molar-refractivity contribution in [2.75, 3.05) is 0 Å². The van der Waals surface area contributed by atoms with Crippen LogP contribution < -0.4 is 5.32 Å². The number of ketones is 1. The summed E-state index contributed by atoms with van der Waals surface area (Å²) in [4.78, 5) is 23.5. The highest BCUT2D eigenvalue weighted by Gasteiger charge is 2.32. The Kier molecular flexibility index (Phi) is 4.65. The highest BCUT2D eigenvalue weighted by atomic mass is 32.1. The normalized spacial score (nSPS) is 11.3. The smallest absolute Gasteiger partial charge is 0.348 e. The van der Waals surface area contributed by atoms with Gasteiger partial charge in [-0.2, -0.15) is 13.2 Å². The van der Waals surface area contributed by atoms with Gasteiger partial charge in [-0.25, -0.2) is 0 Å². The molecule has 0 fully saturated rings. The van der Waals surface area contributed by atoms with Gasteiger partial charge in [0.05, 0.1) is 16.0 Å². The van der Waals surface area contributed by atoms with Crippen LogP contribution >= 0.6 is 11.3 Å². The molecule has 0 aliphatic rings. The van der Waals surface area contributed by atoms with E-state index < -0.39 is 17.6 Å². The SMILES string of the molecule is CC(=O)c1cc(C(=O)NCc2ccccc2C(F)(F)F)cs1. The Labute approximate surface area is 128 Å². The van der Waals surface area contributed by atoms with Crippen LogP contribution in [-0.4, -0.2) is 11.7 Å². The number of hydrogen-bond donors (Lipinski definition) is 1. The molecule has 3 nitrogen and oxygen atoms in total. The standard InChI is InChI=1S/C15H12F3NO2S/c1-9(20)13-6-11(8-22-13)14(21)19-7-10-4-2-3-5-12(10)15(16,17)18/h2-6,8H,7H2,1H3,(H,19,21). The minimum absolute atomic E-state index is 0.00892. The Morgan fingerprint density at radius 2 is 1.91 bits per heavy atom. The van der Waals surface area contributed by atoms with E-state index in [4.69, 9.17) is 0 Å². The zero-order valence-electron chi connectivity index (χ0n) is 11.5. The molecule has 1 aromatic heterocycles. The molecule has 0 saturated carbocycles. The third-order valence-corrected chi connectivity index (χ3v) is 4.00. The summed E-state index contributed by atoms with van der Waals surface area (Å²) in [5.41, 5.74) is -0.518. The fourth-order valence-corrected chi connectivity index (χ4v) is 2.66. The molecule has 0 unspecified atom stereocenters. The maximum atomic E-state index is 12.8. The summed E-state index contributed by atoms with van der Waals surface area (Å²) < 4.78 is 38.5. The quantitative estimate of drug-likeness (QED) is 0.866. The van der Waals surface area contributed by atoms with E-state index in [0.717, 1.165) is 17.4 Å². The molecule has 0 bridgehead atoms. The Morgan fingerprint density at radius 3 is 2.50 bits per heavy atom. The van der Waals surface area contributed by atoms with E-state index in [0.29, 0.717) is 4.88 Å². The maximum absolute atomic E-state index is 12.8. The lowest BCUT2D eigenvalue weighted by atomic mass is 10.1. The Bertz CT molecular complexity index is 707. The van der Waals surface area contributed by atoms with Crippen molar-refractivity contribution < 1.29 is 22.8 Å². The van der Waals surface area contributed by atoms with Crippen LogP contribution in [0.1, 0.15) is 38.1 Å². The lowest BCUT2D eigenvalue weighted by Gasteiger charge is -2.12. The topological polar surface area (TPSA) is 46.2 Å². The summed E-state index contributed by atoms with van der Waals surface area (Å²) in [5.74, 6) is -0.674. The second-order valence-electron chi connectivity index (χ2n) is 4.59. The summed E-state index contributed by atoms with van der Waals surface area (Å²) >= 11 is 1.12. The molecule has 0 aliphatic carbocycles. The molecule has 1 heterocycles. The summed E-state index contributed by atoms with van der Waals surface area (Å²) in [7, 11) is 0. The molecule has 116 valence electrons. The van der Waals surface area contributed by atoms with Gasteiger partial charge in [0, 0.05) is 11.9 Å². The first kappa shape index (κ1) is 16.2. The predicted octanol–water partition coefficient (Wildman–Crippen LogP) is 3.90. The van der Waals surface area contributed by atoms with Gasteiger partial charge in [0.1, 0.15) is 0 Å². The number of Topliss-reactive ketones (excluding diaryl/α,β-unsaturated/α-hetero) is 1. The molecule has 2 aromatic rings. The van der Waals surface area contributed by atoms with E-state index >= 15 is 0 Å². The van der Waals surface area contributed by atoms with Gasteiger partial charge >= 0.3 is 6.18 Å². The fourth-order valence-electron chi connectivity index (χ4n) is 1.87. The van der Waals surface area contributed by atoms with Gasteiger partial charge < -0.3 is 5.32 Å². The number of rotatable bonds is 4. The van der Waals surface area contributed by atoms with Crippen molar-refractivity contribution in [3.8, 4) is 0 Å². The Morgan fingerprint density at radius 1 is 1.23 bits per heavy atom. The van der Waals surface area contributed by atoms with Gasteiger partial charge in [0.15, 0.2) is 5.78 Å². The van der Waals surface area contributed by atoms with Crippen LogP contribution in [0.3, 0.4) is 0 Å². The summed E-state index contributed by atoms with van der Waals surface area (Å²) in [6, 6.07) is 6.50. The molecule has 0 radical (unpaired) electrons. The van der Waals surface area contributed by atoms with Crippen LogP contribution in [0.5, 0.6) is 0 Å². The van der Waals surface area contributed by atoms with E-state index in [1.54, 1.807) is 0 Å². The van der Waals surface area contributed by atoms with E-state index in [9.17, 15) is 22.8 Å². The van der Waals surface area contributed by atoms with Gasteiger partial charge in [0.2, 0.25) is 0 Å². The number of amides is 1. The number of hydrogen-bond acceptors (Lipinski definition) is 3. The minimum Gasteiger partial charge on any atom is -0.348 e. The fraction of sp³-hybridized carbons (Fsp3) is 0.200. The molecule has 0 saturated heterocycles. The van der Waals surface area contributed by atoms with E-state index in [1.807, 2.05) is 0 Å². The largest absolute Gasteiger partial charge is 0.416 e. The van der Waals surface area contributed by atoms with Crippen molar-refractivity contribution in [3.63, 3.8) is 0 Å². The summed E-state index contributed by atoms with van der Waals surface area (Å²) in [6.45, 7) is 1.15. The van der Waals surface area contributed by atoms with Gasteiger partial charge in [-0.15, -0.1) is 11.3 Å². The van der Waals surface area contributed by atoms with Crippen molar-refractivity contribution in [2.24, 2.45) is 0 Å². The van der Waals surface area contributed by atoms with Crippen LogP contribution in [-0.2, 0) is 12.7 Å². The van der Waals surface area contributed by atoms with Gasteiger partial charge in [-0.1, -0.05) is 18.2 Å². The van der Waals surface area contributed by atoms with Gasteiger partial charge in [-0.3, -0.25) is 9.59 Å². The Hall–Kier alpha value is -2.15. The number of carbonyl (C=O) groups excluding carboxylic acids is 2. The van der Waals surface area contributed by atoms with Crippen molar-refractivity contribution >= 4 is 23.0 Å². The predicted molar refractivity (Wildman–Crippen MR) is 76.9 cm³/mol. The maximum Gasteiger partial charge on any atom is 0.416 e. The summed E-state index contributed by atoms with van der Waals surface area (Å²) in [5, 5.41) is 3.94. The van der Waals surface area contributed by atoms with Crippen LogP contribution in [0.25, 0.3) is 0 Å². The average Bonchev–Trinajstić information content (AvgIpc) is 2.94. The average molecular weight is 327 g/mol. The van der Waals surface area contributed by atoms with Crippen molar-refractivity contribution in [1.29, 1.82) is 0 Å². The van der Waals surface area contributed by atoms with Gasteiger partial charge in [-0.05, 0) is 24.6 Å².